The predicted molar refractivity (Wildman–Crippen MR) is 89.8 cm³/mol. The van der Waals surface area contributed by atoms with Gasteiger partial charge in [-0.1, -0.05) is 31.0 Å². The molecule has 4 heteroatoms. The van der Waals surface area contributed by atoms with Crippen molar-refractivity contribution in [3.63, 3.8) is 0 Å². The Balaban J connectivity index is 1.86. The van der Waals surface area contributed by atoms with E-state index in [0.717, 1.165) is 51.6 Å². The fourth-order valence-corrected chi connectivity index (χ4v) is 4.31. The van der Waals surface area contributed by atoms with Crippen LogP contribution in [0.3, 0.4) is 0 Å². The summed E-state index contributed by atoms with van der Waals surface area (Å²) in [7, 11) is 4.04. The summed E-state index contributed by atoms with van der Waals surface area (Å²) in [6, 6.07) is 7.12. The minimum absolute atomic E-state index is 0.120. The van der Waals surface area contributed by atoms with Crippen LogP contribution in [0.15, 0.2) is 24.3 Å². The first-order valence-corrected chi connectivity index (χ1v) is 8.75. The topological polar surface area (TPSA) is 23.6 Å². The third-order valence-electron chi connectivity index (χ3n) is 5.81. The van der Waals surface area contributed by atoms with Gasteiger partial charge in [-0.15, -0.1) is 0 Å². The third kappa shape index (κ3) is 3.01. The van der Waals surface area contributed by atoms with Crippen molar-refractivity contribution in [1.82, 2.24) is 9.80 Å². The van der Waals surface area contributed by atoms with Crippen molar-refractivity contribution in [2.24, 2.45) is 0 Å². The zero-order valence-electron chi connectivity index (χ0n) is 14.2. The van der Waals surface area contributed by atoms with Crippen molar-refractivity contribution in [2.45, 2.75) is 50.0 Å². The zero-order valence-corrected chi connectivity index (χ0v) is 14.2. The predicted octanol–water partition coefficient (Wildman–Crippen LogP) is 3.19. The second kappa shape index (κ2) is 6.60. The van der Waals surface area contributed by atoms with Gasteiger partial charge in [0.1, 0.15) is 5.82 Å². The number of carbonyl (C=O) groups is 1. The summed E-state index contributed by atoms with van der Waals surface area (Å²) in [5.74, 6) is -0.116. The number of halogens is 1. The van der Waals surface area contributed by atoms with Crippen molar-refractivity contribution in [3.05, 3.63) is 35.6 Å². The maximum Gasteiger partial charge on any atom is 0.233 e. The minimum atomic E-state index is -0.649. The van der Waals surface area contributed by atoms with Crippen LogP contribution < -0.4 is 0 Å². The van der Waals surface area contributed by atoms with Gasteiger partial charge in [-0.3, -0.25) is 4.79 Å². The van der Waals surface area contributed by atoms with Crippen LogP contribution in [0, 0.1) is 5.82 Å². The summed E-state index contributed by atoms with van der Waals surface area (Å²) in [6.07, 6.45) is 5.55. The van der Waals surface area contributed by atoms with E-state index in [1.807, 2.05) is 18.0 Å². The number of benzene rings is 1. The van der Waals surface area contributed by atoms with Crippen LogP contribution in [0.1, 0.15) is 44.1 Å². The molecule has 1 amide bonds. The van der Waals surface area contributed by atoms with Crippen LogP contribution in [-0.4, -0.2) is 48.9 Å². The molecule has 1 aromatic carbocycles. The van der Waals surface area contributed by atoms with E-state index in [1.165, 1.54) is 6.07 Å². The first-order valence-electron chi connectivity index (χ1n) is 8.75. The molecule has 1 aliphatic carbocycles. The summed E-state index contributed by atoms with van der Waals surface area (Å²) >= 11 is 0. The molecule has 1 aromatic rings. The van der Waals surface area contributed by atoms with E-state index in [-0.39, 0.29) is 17.8 Å². The summed E-state index contributed by atoms with van der Waals surface area (Å²) in [6.45, 7) is 2.05. The van der Waals surface area contributed by atoms with E-state index in [9.17, 15) is 9.18 Å². The molecule has 23 heavy (non-hydrogen) atoms. The molecule has 1 saturated carbocycles. The molecule has 2 fully saturated rings. The Morgan fingerprint density at radius 3 is 2.43 bits per heavy atom. The average molecular weight is 318 g/mol. The van der Waals surface area contributed by atoms with Gasteiger partial charge in [0.15, 0.2) is 0 Å². The van der Waals surface area contributed by atoms with Gasteiger partial charge < -0.3 is 9.80 Å². The molecule has 0 unspecified atom stereocenters. The Labute approximate surface area is 138 Å². The lowest BCUT2D eigenvalue weighted by Gasteiger charge is -2.40. The highest BCUT2D eigenvalue weighted by atomic mass is 19.1. The lowest BCUT2D eigenvalue weighted by Crippen LogP contribution is -2.51. The van der Waals surface area contributed by atoms with E-state index in [1.54, 1.807) is 12.1 Å². The Morgan fingerprint density at radius 2 is 1.83 bits per heavy atom. The Kier molecular flexibility index (Phi) is 4.72. The normalized spacial score (nSPS) is 22.2. The minimum Gasteiger partial charge on any atom is -0.342 e. The SMILES string of the molecule is CN1CCC(N(C)C(=O)C2(c3ccccc3F)CCCC2)CC1. The third-order valence-corrected chi connectivity index (χ3v) is 5.81. The summed E-state index contributed by atoms with van der Waals surface area (Å²) < 4.78 is 14.4. The molecule has 2 aliphatic rings. The maximum absolute atomic E-state index is 14.4. The molecule has 3 rings (SSSR count). The molecular formula is C19H27FN2O. The molecule has 1 aliphatic heterocycles. The monoisotopic (exact) mass is 318 g/mol. The molecule has 1 heterocycles. The first kappa shape index (κ1) is 16.4. The van der Waals surface area contributed by atoms with E-state index >= 15 is 0 Å². The van der Waals surface area contributed by atoms with Gasteiger partial charge in [-0.2, -0.15) is 0 Å². The maximum atomic E-state index is 14.4. The molecule has 1 saturated heterocycles. The van der Waals surface area contributed by atoms with Gasteiger partial charge in [-0.25, -0.2) is 4.39 Å². The molecule has 0 spiro atoms. The Bertz CT molecular complexity index is 560. The quantitative estimate of drug-likeness (QED) is 0.854. The summed E-state index contributed by atoms with van der Waals surface area (Å²) in [4.78, 5) is 17.6. The van der Waals surface area contributed by atoms with Crippen LogP contribution in [0.2, 0.25) is 0 Å². The van der Waals surface area contributed by atoms with Crippen molar-refractivity contribution in [1.29, 1.82) is 0 Å². The fourth-order valence-electron chi connectivity index (χ4n) is 4.31. The summed E-state index contributed by atoms with van der Waals surface area (Å²) in [5, 5.41) is 0. The fraction of sp³-hybridized carbons (Fsp3) is 0.632. The number of likely N-dealkylation sites (tertiary alicyclic amines) is 1. The molecule has 0 atom stereocenters. The van der Waals surface area contributed by atoms with Gasteiger partial charge in [-0.05, 0) is 51.9 Å². The van der Waals surface area contributed by atoms with Crippen molar-refractivity contribution in [2.75, 3.05) is 27.2 Å². The van der Waals surface area contributed by atoms with Crippen molar-refractivity contribution < 1.29 is 9.18 Å². The van der Waals surface area contributed by atoms with Crippen LogP contribution in [-0.2, 0) is 10.2 Å². The van der Waals surface area contributed by atoms with Gasteiger partial charge in [0.25, 0.3) is 0 Å². The number of hydrogen-bond acceptors (Lipinski definition) is 2. The Morgan fingerprint density at radius 1 is 1.22 bits per heavy atom. The number of rotatable bonds is 3. The smallest absolute Gasteiger partial charge is 0.233 e. The van der Waals surface area contributed by atoms with E-state index in [0.29, 0.717) is 5.56 Å². The number of piperidine rings is 1. The largest absolute Gasteiger partial charge is 0.342 e. The molecule has 0 bridgehead atoms. The highest BCUT2D eigenvalue weighted by Gasteiger charge is 2.46. The van der Waals surface area contributed by atoms with Gasteiger partial charge in [0.2, 0.25) is 5.91 Å². The number of carbonyl (C=O) groups excluding carboxylic acids is 1. The highest BCUT2D eigenvalue weighted by Crippen LogP contribution is 2.44. The number of amides is 1. The second-order valence-corrected chi connectivity index (χ2v) is 7.22. The standard InChI is InChI=1S/C19H27FN2O/c1-21-13-9-15(10-14-21)22(2)18(23)19(11-5-6-12-19)16-7-3-4-8-17(16)20/h3-4,7-8,15H,5-6,9-14H2,1-2H3. The van der Waals surface area contributed by atoms with Crippen LogP contribution in [0.4, 0.5) is 4.39 Å². The van der Waals surface area contributed by atoms with Crippen molar-refractivity contribution >= 4 is 5.91 Å². The Hall–Kier alpha value is -1.42. The number of nitrogens with zero attached hydrogens (tertiary/aromatic N) is 2. The number of hydrogen-bond donors (Lipinski definition) is 0. The molecule has 0 aromatic heterocycles. The van der Waals surface area contributed by atoms with Crippen LogP contribution >= 0.6 is 0 Å². The zero-order chi connectivity index (χ0) is 16.4. The van der Waals surface area contributed by atoms with Crippen LogP contribution in [0.25, 0.3) is 0 Å². The highest BCUT2D eigenvalue weighted by molar-refractivity contribution is 5.88. The van der Waals surface area contributed by atoms with Gasteiger partial charge in [0, 0.05) is 18.7 Å². The van der Waals surface area contributed by atoms with Crippen LogP contribution in [0.5, 0.6) is 0 Å². The van der Waals surface area contributed by atoms with Gasteiger partial charge in [0.05, 0.1) is 5.41 Å². The lowest BCUT2D eigenvalue weighted by molar-refractivity contribution is -0.139. The molecule has 126 valence electrons. The first-order chi connectivity index (χ1) is 11.0. The molecule has 0 N–H and O–H groups in total. The van der Waals surface area contributed by atoms with E-state index in [4.69, 9.17) is 0 Å². The van der Waals surface area contributed by atoms with Gasteiger partial charge >= 0.3 is 0 Å². The van der Waals surface area contributed by atoms with Crippen molar-refractivity contribution in [3.8, 4) is 0 Å². The number of likely N-dealkylation sites (N-methyl/N-ethyl adjacent to an activating group) is 1. The summed E-state index contributed by atoms with van der Waals surface area (Å²) in [5.41, 5.74) is -0.0500. The van der Waals surface area contributed by atoms with E-state index in [2.05, 4.69) is 11.9 Å². The van der Waals surface area contributed by atoms with E-state index < -0.39 is 5.41 Å². The molecule has 0 radical (unpaired) electrons. The molecular weight excluding hydrogens is 291 g/mol. The molecule has 3 nitrogen and oxygen atoms in total. The average Bonchev–Trinajstić information content (AvgIpc) is 3.05. The second-order valence-electron chi connectivity index (χ2n) is 7.22. The lowest BCUT2D eigenvalue weighted by atomic mass is 9.76.